The van der Waals surface area contributed by atoms with Crippen molar-refractivity contribution in [3.8, 4) is 0 Å². The van der Waals surface area contributed by atoms with Gasteiger partial charge in [-0.3, -0.25) is 9.59 Å². The maximum absolute atomic E-state index is 12.2. The average molecular weight is 347 g/mol. The minimum Gasteiger partial charge on any atom is -0.459 e. The van der Waals surface area contributed by atoms with Crippen molar-refractivity contribution >= 4 is 45.4 Å². The SMILES string of the molecule is O=C(Nc1ccc(C(=O)Nc2cccc(Cl)c2)s1)c1ccco1. The van der Waals surface area contributed by atoms with E-state index in [0.29, 0.717) is 20.6 Å². The number of hydrogen-bond acceptors (Lipinski definition) is 4. The molecule has 116 valence electrons. The Hall–Kier alpha value is -2.57. The molecule has 3 rings (SSSR count). The van der Waals surface area contributed by atoms with Crippen LogP contribution in [-0.4, -0.2) is 11.8 Å². The van der Waals surface area contributed by atoms with Gasteiger partial charge in [-0.25, -0.2) is 0 Å². The fourth-order valence-corrected chi connectivity index (χ4v) is 2.85. The molecule has 0 unspecified atom stereocenters. The maximum atomic E-state index is 12.2. The van der Waals surface area contributed by atoms with Crippen LogP contribution in [0.15, 0.2) is 59.2 Å². The van der Waals surface area contributed by atoms with Crippen molar-refractivity contribution in [1.29, 1.82) is 0 Å². The van der Waals surface area contributed by atoms with Gasteiger partial charge < -0.3 is 15.1 Å². The second-order valence-electron chi connectivity index (χ2n) is 4.56. The van der Waals surface area contributed by atoms with Crippen molar-refractivity contribution in [2.24, 2.45) is 0 Å². The number of halogens is 1. The number of hydrogen-bond donors (Lipinski definition) is 2. The average Bonchev–Trinajstić information content (AvgIpc) is 3.18. The van der Waals surface area contributed by atoms with Gasteiger partial charge in [0.05, 0.1) is 16.1 Å². The third-order valence-corrected chi connectivity index (χ3v) is 4.13. The van der Waals surface area contributed by atoms with E-state index in [1.807, 2.05) is 0 Å². The van der Waals surface area contributed by atoms with E-state index in [4.69, 9.17) is 16.0 Å². The molecule has 0 saturated heterocycles. The molecular weight excluding hydrogens is 336 g/mol. The van der Waals surface area contributed by atoms with Crippen LogP contribution in [0.3, 0.4) is 0 Å². The molecule has 1 aromatic carbocycles. The van der Waals surface area contributed by atoms with E-state index >= 15 is 0 Å². The lowest BCUT2D eigenvalue weighted by Crippen LogP contribution is -2.10. The molecule has 0 saturated carbocycles. The van der Waals surface area contributed by atoms with E-state index in [1.54, 1.807) is 48.5 Å². The molecule has 0 fully saturated rings. The third-order valence-electron chi connectivity index (χ3n) is 2.89. The van der Waals surface area contributed by atoms with Crippen LogP contribution in [0.5, 0.6) is 0 Å². The Balaban J connectivity index is 1.66. The number of furan rings is 1. The number of carbonyl (C=O) groups is 2. The summed E-state index contributed by atoms with van der Waals surface area (Å²) in [5.41, 5.74) is 0.608. The third kappa shape index (κ3) is 3.80. The number of anilines is 2. The first-order valence-electron chi connectivity index (χ1n) is 6.63. The predicted octanol–water partition coefficient (Wildman–Crippen LogP) is 4.50. The van der Waals surface area contributed by atoms with Crippen LogP contribution in [-0.2, 0) is 0 Å². The number of amides is 2. The van der Waals surface area contributed by atoms with Crippen molar-refractivity contribution in [3.05, 3.63) is 70.5 Å². The molecule has 2 N–H and O–H groups in total. The standard InChI is InChI=1S/C16H11ClN2O3S/c17-10-3-1-4-11(9-10)18-16(21)13-6-7-14(23-13)19-15(20)12-5-2-8-22-12/h1-9H,(H,18,21)(H,19,20). The molecule has 0 atom stereocenters. The Labute approximate surface area is 140 Å². The van der Waals surface area contributed by atoms with Gasteiger partial charge in [-0.15, -0.1) is 11.3 Å². The van der Waals surface area contributed by atoms with Crippen LogP contribution in [0.2, 0.25) is 5.02 Å². The molecule has 0 aliphatic heterocycles. The Morgan fingerprint density at radius 1 is 1.00 bits per heavy atom. The minimum atomic E-state index is -0.362. The van der Waals surface area contributed by atoms with Crippen molar-refractivity contribution in [2.45, 2.75) is 0 Å². The normalized spacial score (nSPS) is 10.3. The summed E-state index contributed by atoms with van der Waals surface area (Å²) in [6.07, 6.45) is 1.42. The second-order valence-corrected chi connectivity index (χ2v) is 6.08. The van der Waals surface area contributed by atoms with E-state index in [1.165, 1.54) is 17.6 Å². The summed E-state index contributed by atoms with van der Waals surface area (Å²) in [6, 6.07) is 13.4. The molecule has 0 radical (unpaired) electrons. The van der Waals surface area contributed by atoms with Gasteiger partial charge in [-0.05, 0) is 42.5 Å². The van der Waals surface area contributed by atoms with Crippen molar-refractivity contribution in [1.82, 2.24) is 0 Å². The van der Waals surface area contributed by atoms with Gasteiger partial charge in [0.25, 0.3) is 11.8 Å². The summed E-state index contributed by atoms with van der Waals surface area (Å²) < 4.78 is 5.01. The van der Waals surface area contributed by atoms with E-state index in [2.05, 4.69) is 10.6 Å². The Morgan fingerprint density at radius 2 is 1.87 bits per heavy atom. The van der Waals surface area contributed by atoms with Crippen LogP contribution < -0.4 is 10.6 Å². The van der Waals surface area contributed by atoms with Crippen molar-refractivity contribution in [3.63, 3.8) is 0 Å². The lowest BCUT2D eigenvalue weighted by molar-refractivity contribution is 0.0995. The molecule has 5 nitrogen and oxygen atoms in total. The second kappa shape index (κ2) is 6.68. The first kappa shape index (κ1) is 15.3. The zero-order valence-corrected chi connectivity index (χ0v) is 13.3. The molecule has 23 heavy (non-hydrogen) atoms. The van der Waals surface area contributed by atoms with E-state index in [9.17, 15) is 9.59 Å². The zero-order valence-electron chi connectivity index (χ0n) is 11.7. The minimum absolute atomic E-state index is 0.211. The van der Waals surface area contributed by atoms with Crippen LogP contribution in [0.1, 0.15) is 20.2 Å². The highest BCUT2D eigenvalue weighted by molar-refractivity contribution is 7.18. The fourth-order valence-electron chi connectivity index (χ4n) is 1.87. The van der Waals surface area contributed by atoms with Crippen molar-refractivity contribution < 1.29 is 14.0 Å². The van der Waals surface area contributed by atoms with Gasteiger partial charge in [-0.2, -0.15) is 0 Å². The molecule has 3 aromatic rings. The topological polar surface area (TPSA) is 71.3 Å². The lowest BCUT2D eigenvalue weighted by atomic mass is 10.3. The Morgan fingerprint density at radius 3 is 2.61 bits per heavy atom. The van der Waals surface area contributed by atoms with Crippen LogP contribution in [0.25, 0.3) is 0 Å². The summed E-state index contributed by atoms with van der Waals surface area (Å²) >= 11 is 7.05. The van der Waals surface area contributed by atoms with E-state index in [0.717, 1.165) is 0 Å². The largest absolute Gasteiger partial charge is 0.459 e. The summed E-state index contributed by atoms with van der Waals surface area (Å²) in [5, 5.41) is 6.53. The van der Waals surface area contributed by atoms with Crippen LogP contribution in [0.4, 0.5) is 10.7 Å². The molecule has 0 bridgehead atoms. The summed E-state index contributed by atoms with van der Waals surface area (Å²) in [7, 11) is 0. The summed E-state index contributed by atoms with van der Waals surface area (Å²) in [5.74, 6) is -0.419. The van der Waals surface area contributed by atoms with E-state index < -0.39 is 0 Å². The molecular formula is C16H11ClN2O3S. The van der Waals surface area contributed by atoms with Crippen molar-refractivity contribution in [2.75, 3.05) is 10.6 Å². The van der Waals surface area contributed by atoms with Gasteiger partial charge >= 0.3 is 0 Å². The van der Waals surface area contributed by atoms with Gasteiger partial charge in [0.15, 0.2) is 5.76 Å². The van der Waals surface area contributed by atoms with Crippen LogP contribution in [0, 0.1) is 0 Å². The number of rotatable bonds is 4. The molecule has 2 aromatic heterocycles. The predicted molar refractivity (Wildman–Crippen MR) is 90.4 cm³/mol. The number of carbonyl (C=O) groups excluding carboxylic acids is 2. The molecule has 0 spiro atoms. The van der Waals surface area contributed by atoms with Gasteiger partial charge in [-0.1, -0.05) is 17.7 Å². The first-order valence-corrected chi connectivity index (χ1v) is 7.83. The molecule has 2 heterocycles. The highest BCUT2D eigenvalue weighted by Gasteiger charge is 2.13. The number of benzene rings is 1. The monoisotopic (exact) mass is 346 g/mol. The maximum Gasteiger partial charge on any atom is 0.291 e. The zero-order chi connectivity index (χ0) is 16.2. The lowest BCUT2D eigenvalue weighted by Gasteiger charge is -2.03. The van der Waals surface area contributed by atoms with Gasteiger partial charge in [0, 0.05) is 10.7 Å². The van der Waals surface area contributed by atoms with Crippen LogP contribution >= 0.6 is 22.9 Å². The highest BCUT2D eigenvalue weighted by atomic mass is 35.5. The summed E-state index contributed by atoms with van der Waals surface area (Å²) in [4.78, 5) is 24.5. The van der Waals surface area contributed by atoms with Gasteiger partial charge in [0.2, 0.25) is 0 Å². The molecule has 0 aliphatic carbocycles. The van der Waals surface area contributed by atoms with E-state index in [-0.39, 0.29) is 17.6 Å². The highest BCUT2D eigenvalue weighted by Crippen LogP contribution is 2.24. The molecule has 7 heteroatoms. The number of nitrogens with one attached hydrogen (secondary N) is 2. The quantitative estimate of drug-likeness (QED) is 0.730. The number of thiophene rings is 1. The first-order chi connectivity index (χ1) is 11.1. The Bertz CT molecular complexity index is 843. The summed E-state index contributed by atoms with van der Waals surface area (Å²) in [6.45, 7) is 0. The molecule has 2 amide bonds. The van der Waals surface area contributed by atoms with Gasteiger partial charge in [0.1, 0.15) is 0 Å². The smallest absolute Gasteiger partial charge is 0.291 e. The molecule has 0 aliphatic rings. The fraction of sp³-hybridized carbons (Fsp3) is 0. The Kier molecular flexibility index (Phi) is 4.45.